The second kappa shape index (κ2) is 13.3. The number of benzene rings is 3. The van der Waals surface area contributed by atoms with E-state index in [1.54, 1.807) is 30.3 Å². The summed E-state index contributed by atoms with van der Waals surface area (Å²) >= 11 is 12.6. The molecular formula is C31H37Cl2N3O4S. The van der Waals surface area contributed by atoms with Gasteiger partial charge in [-0.15, -0.1) is 0 Å². The highest BCUT2D eigenvalue weighted by molar-refractivity contribution is 7.92. The average molecular weight is 619 g/mol. The Balaban J connectivity index is 2.11. The molecule has 3 aromatic carbocycles. The van der Waals surface area contributed by atoms with Crippen LogP contribution in [-0.2, 0) is 32.6 Å². The van der Waals surface area contributed by atoms with Gasteiger partial charge in [0.1, 0.15) is 12.6 Å². The molecule has 3 rings (SSSR count). The third-order valence-corrected chi connectivity index (χ3v) is 8.31. The Hall–Kier alpha value is -3.07. The van der Waals surface area contributed by atoms with Crippen molar-refractivity contribution in [2.24, 2.45) is 0 Å². The third kappa shape index (κ3) is 9.21. The molecule has 0 aromatic heterocycles. The van der Waals surface area contributed by atoms with Crippen molar-refractivity contribution in [3.05, 3.63) is 99.0 Å². The van der Waals surface area contributed by atoms with Crippen LogP contribution in [0.5, 0.6) is 0 Å². The molecule has 10 heteroatoms. The molecule has 1 N–H and O–H groups in total. The first kappa shape index (κ1) is 32.4. The SMILES string of the molecule is Cc1ccc(N(CC(=O)N(Cc2ccc(Cl)cc2Cl)[C@H](Cc2ccccc2)C(=O)NC(C)(C)C)S(C)(=O)=O)cc1C. The largest absolute Gasteiger partial charge is 0.350 e. The topological polar surface area (TPSA) is 86.8 Å². The number of rotatable bonds is 10. The highest BCUT2D eigenvalue weighted by Crippen LogP contribution is 2.26. The van der Waals surface area contributed by atoms with Crippen molar-refractivity contribution in [2.75, 3.05) is 17.1 Å². The molecular weight excluding hydrogens is 581 g/mol. The Morgan fingerprint density at radius 1 is 0.927 bits per heavy atom. The molecule has 3 aromatic rings. The van der Waals surface area contributed by atoms with E-state index >= 15 is 0 Å². The van der Waals surface area contributed by atoms with Gasteiger partial charge in [0.25, 0.3) is 0 Å². The number of nitrogens with zero attached hydrogens (tertiary/aromatic N) is 2. The van der Waals surface area contributed by atoms with Crippen LogP contribution < -0.4 is 9.62 Å². The monoisotopic (exact) mass is 617 g/mol. The molecule has 0 radical (unpaired) electrons. The second-order valence-corrected chi connectivity index (χ2v) is 14.0. The summed E-state index contributed by atoms with van der Waals surface area (Å²) in [5, 5.41) is 3.76. The zero-order chi connectivity index (χ0) is 30.5. The molecule has 0 fully saturated rings. The van der Waals surface area contributed by atoms with Gasteiger partial charge in [0, 0.05) is 28.5 Å². The van der Waals surface area contributed by atoms with Crippen LogP contribution in [-0.4, -0.2) is 49.5 Å². The van der Waals surface area contributed by atoms with Crippen LogP contribution in [0.15, 0.2) is 66.7 Å². The van der Waals surface area contributed by atoms with Crippen LogP contribution >= 0.6 is 23.2 Å². The fourth-order valence-corrected chi connectivity index (χ4v) is 5.64. The van der Waals surface area contributed by atoms with E-state index in [0.717, 1.165) is 27.3 Å². The van der Waals surface area contributed by atoms with Gasteiger partial charge in [-0.2, -0.15) is 0 Å². The van der Waals surface area contributed by atoms with Crippen LogP contribution in [0.1, 0.15) is 43.0 Å². The number of nitrogens with one attached hydrogen (secondary N) is 1. The van der Waals surface area contributed by atoms with Gasteiger partial charge >= 0.3 is 0 Å². The number of aryl methyl sites for hydroxylation is 2. The van der Waals surface area contributed by atoms with Gasteiger partial charge in [-0.05, 0) is 81.1 Å². The number of anilines is 1. The van der Waals surface area contributed by atoms with E-state index in [1.165, 1.54) is 4.90 Å². The second-order valence-electron chi connectivity index (χ2n) is 11.2. The molecule has 0 bridgehead atoms. The summed E-state index contributed by atoms with van der Waals surface area (Å²) in [7, 11) is -3.85. The molecule has 0 saturated carbocycles. The van der Waals surface area contributed by atoms with Crippen molar-refractivity contribution in [3.63, 3.8) is 0 Å². The lowest BCUT2D eigenvalue weighted by Gasteiger charge is -2.35. The first-order valence-electron chi connectivity index (χ1n) is 13.2. The van der Waals surface area contributed by atoms with Crippen molar-refractivity contribution in [3.8, 4) is 0 Å². The first-order chi connectivity index (χ1) is 19.0. The molecule has 0 aliphatic rings. The van der Waals surface area contributed by atoms with E-state index in [9.17, 15) is 18.0 Å². The quantitative estimate of drug-likeness (QED) is 0.305. The zero-order valence-corrected chi connectivity index (χ0v) is 26.6. The number of halogens is 2. The van der Waals surface area contributed by atoms with Crippen molar-refractivity contribution in [2.45, 2.75) is 59.2 Å². The van der Waals surface area contributed by atoms with Gasteiger partial charge in [-0.3, -0.25) is 13.9 Å². The Bertz CT molecular complexity index is 1510. The normalized spacial score (nSPS) is 12.5. The Labute approximate surface area is 253 Å². The molecule has 0 saturated heterocycles. The van der Waals surface area contributed by atoms with E-state index in [4.69, 9.17) is 23.2 Å². The smallest absolute Gasteiger partial charge is 0.244 e. The summed E-state index contributed by atoms with van der Waals surface area (Å²) in [5.41, 5.74) is 3.09. The van der Waals surface area contributed by atoms with Crippen LogP contribution in [0.3, 0.4) is 0 Å². The van der Waals surface area contributed by atoms with Crippen molar-refractivity contribution in [1.82, 2.24) is 10.2 Å². The van der Waals surface area contributed by atoms with Gasteiger partial charge < -0.3 is 10.2 Å². The minimum Gasteiger partial charge on any atom is -0.350 e. The standard InChI is InChI=1S/C31H37Cl2N3O4S/c1-21-12-15-26(16-22(21)2)36(41(6,39)40)20-29(37)35(19-24-13-14-25(32)18-27(24)33)28(30(38)34-31(3,4)5)17-23-10-8-7-9-11-23/h7-16,18,28H,17,19-20H2,1-6H3,(H,34,38)/t28-/m1/s1. The molecule has 41 heavy (non-hydrogen) atoms. The van der Waals surface area contributed by atoms with Gasteiger partial charge in [0.2, 0.25) is 21.8 Å². The Kier molecular flexibility index (Phi) is 10.5. The van der Waals surface area contributed by atoms with Gasteiger partial charge in [0.05, 0.1) is 11.9 Å². The highest BCUT2D eigenvalue weighted by Gasteiger charge is 2.34. The number of hydrogen-bond donors (Lipinski definition) is 1. The molecule has 1 atom stereocenters. The van der Waals surface area contributed by atoms with E-state index in [-0.39, 0.29) is 18.9 Å². The molecule has 7 nitrogen and oxygen atoms in total. The summed E-state index contributed by atoms with van der Waals surface area (Å²) in [6.45, 7) is 8.85. The molecule has 0 unspecified atom stereocenters. The van der Waals surface area contributed by atoms with Crippen LogP contribution in [0.2, 0.25) is 10.0 Å². The summed E-state index contributed by atoms with van der Waals surface area (Å²) in [5.74, 6) is -0.915. The molecule has 0 heterocycles. The average Bonchev–Trinajstić information content (AvgIpc) is 2.86. The number of amides is 2. The van der Waals surface area contributed by atoms with E-state index in [0.29, 0.717) is 21.3 Å². The maximum absolute atomic E-state index is 14.2. The molecule has 0 aliphatic heterocycles. The highest BCUT2D eigenvalue weighted by atomic mass is 35.5. The van der Waals surface area contributed by atoms with E-state index < -0.39 is 34.1 Å². The fourth-order valence-electron chi connectivity index (χ4n) is 4.33. The summed E-state index contributed by atoms with van der Waals surface area (Å²) in [6, 6.07) is 18.5. The maximum Gasteiger partial charge on any atom is 0.244 e. The Morgan fingerprint density at radius 3 is 2.15 bits per heavy atom. The van der Waals surface area contributed by atoms with Crippen LogP contribution in [0.4, 0.5) is 5.69 Å². The van der Waals surface area contributed by atoms with Crippen LogP contribution in [0, 0.1) is 13.8 Å². The van der Waals surface area contributed by atoms with Crippen LogP contribution in [0.25, 0.3) is 0 Å². The molecule has 0 spiro atoms. The summed E-state index contributed by atoms with van der Waals surface area (Å²) < 4.78 is 27.0. The first-order valence-corrected chi connectivity index (χ1v) is 15.8. The number of carbonyl (C=O) groups excluding carboxylic acids is 2. The third-order valence-electron chi connectivity index (χ3n) is 6.58. The van der Waals surface area contributed by atoms with E-state index in [2.05, 4.69) is 5.32 Å². The van der Waals surface area contributed by atoms with Gasteiger partial charge in [0.15, 0.2) is 0 Å². The maximum atomic E-state index is 14.2. The van der Waals surface area contributed by atoms with Crippen molar-refractivity contribution < 1.29 is 18.0 Å². The number of carbonyl (C=O) groups is 2. The van der Waals surface area contributed by atoms with Crippen molar-refractivity contribution in [1.29, 1.82) is 0 Å². The van der Waals surface area contributed by atoms with Crippen molar-refractivity contribution >= 4 is 50.7 Å². The van der Waals surface area contributed by atoms with Gasteiger partial charge in [-0.1, -0.05) is 65.7 Å². The Morgan fingerprint density at radius 2 is 1.59 bits per heavy atom. The zero-order valence-electron chi connectivity index (χ0n) is 24.2. The molecule has 220 valence electrons. The lowest BCUT2D eigenvalue weighted by molar-refractivity contribution is -0.140. The van der Waals surface area contributed by atoms with Gasteiger partial charge in [-0.25, -0.2) is 8.42 Å². The summed E-state index contributed by atoms with van der Waals surface area (Å²) in [6.07, 6.45) is 1.27. The van der Waals surface area contributed by atoms with E-state index in [1.807, 2.05) is 71.0 Å². The molecule has 0 aliphatic carbocycles. The fraction of sp³-hybridized carbons (Fsp3) is 0.355. The predicted molar refractivity (Wildman–Crippen MR) is 167 cm³/mol. The predicted octanol–water partition coefficient (Wildman–Crippen LogP) is 5.93. The molecule has 2 amide bonds. The number of hydrogen-bond acceptors (Lipinski definition) is 4. The lowest BCUT2D eigenvalue weighted by atomic mass is 10.0. The summed E-state index contributed by atoms with van der Waals surface area (Å²) in [4.78, 5) is 29.4. The minimum absolute atomic E-state index is 0.0333. The minimum atomic E-state index is -3.85. The number of sulfonamides is 1. The lowest BCUT2D eigenvalue weighted by Crippen LogP contribution is -2.56.